The Morgan fingerprint density at radius 2 is 1.57 bits per heavy atom. The van der Waals surface area contributed by atoms with Crippen LogP contribution in [0.5, 0.6) is 0 Å². The van der Waals surface area contributed by atoms with Crippen molar-refractivity contribution in [3.8, 4) is 0 Å². The van der Waals surface area contributed by atoms with E-state index in [0.29, 0.717) is 11.3 Å². The van der Waals surface area contributed by atoms with Crippen molar-refractivity contribution < 1.29 is 16.8 Å². The van der Waals surface area contributed by atoms with E-state index in [1.807, 2.05) is 0 Å². The van der Waals surface area contributed by atoms with E-state index in [-0.39, 0.29) is 31.9 Å². The molecule has 8 nitrogen and oxygen atoms in total. The Labute approximate surface area is 124 Å². The van der Waals surface area contributed by atoms with Gasteiger partial charge in [-0.2, -0.15) is 17.0 Å². The Balaban J connectivity index is 2.05. The lowest BCUT2D eigenvalue weighted by atomic mass is 10.2. The number of hydrogen-bond donors (Lipinski definition) is 2. The molecule has 0 unspecified atom stereocenters. The highest BCUT2D eigenvalue weighted by Gasteiger charge is 2.30. The van der Waals surface area contributed by atoms with Crippen molar-refractivity contribution in [2.24, 2.45) is 5.14 Å². The van der Waals surface area contributed by atoms with Crippen LogP contribution in [0.15, 0.2) is 24.3 Å². The smallest absolute Gasteiger partial charge is 0.276 e. The van der Waals surface area contributed by atoms with Gasteiger partial charge >= 0.3 is 0 Å². The normalized spacial score (nSPS) is 18.7. The lowest BCUT2D eigenvalue weighted by Gasteiger charge is -2.32. The topological polar surface area (TPSA) is 127 Å². The average molecular weight is 334 g/mol. The summed E-state index contributed by atoms with van der Waals surface area (Å²) in [6, 6.07) is 6.67. The maximum absolute atomic E-state index is 12.3. The van der Waals surface area contributed by atoms with Crippen LogP contribution < -0.4 is 10.9 Å². The van der Waals surface area contributed by atoms with E-state index in [4.69, 9.17) is 10.9 Å². The fourth-order valence-corrected chi connectivity index (χ4v) is 4.36. The van der Waals surface area contributed by atoms with Crippen molar-refractivity contribution in [2.45, 2.75) is 5.75 Å². The second-order valence-corrected chi connectivity index (χ2v) is 8.36. The highest BCUT2D eigenvalue weighted by Crippen LogP contribution is 2.16. The van der Waals surface area contributed by atoms with E-state index in [0.717, 1.165) is 4.31 Å². The summed E-state index contributed by atoms with van der Waals surface area (Å²) >= 11 is 0. The largest absolute Gasteiger partial charge is 0.399 e. The molecule has 0 spiro atoms. The molecule has 1 heterocycles. The van der Waals surface area contributed by atoms with Gasteiger partial charge in [-0.3, -0.25) is 0 Å². The zero-order valence-corrected chi connectivity index (χ0v) is 13.0. The second kappa shape index (κ2) is 5.89. The number of anilines is 1. The zero-order chi connectivity index (χ0) is 15.7. The van der Waals surface area contributed by atoms with Crippen LogP contribution in [0.3, 0.4) is 0 Å². The van der Waals surface area contributed by atoms with Gasteiger partial charge in [0.1, 0.15) is 0 Å². The van der Waals surface area contributed by atoms with Crippen molar-refractivity contribution in [1.82, 2.24) is 8.61 Å². The first-order valence-corrected chi connectivity index (χ1v) is 9.40. The molecule has 1 saturated heterocycles. The third-order valence-electron chi connectivity index (χ3n) is 3.25. The molecule has 1 aliphatic rings. The molecule has 1 aromatic carbocycles. The molecule has 118 valence electrons. The minimum atomic E-state index is -3.76. The van der Waals surface area contributed by atoms with E-state index in [9.17, 15) is 16.8 Å². The molecule has 21 heavy (non-hydrogen) atoms. The van der Waals surface area contributed by atoms with Gasteiger partial charge in [0.15, 0.2) is 0 Å². The molecule has 10 heteroatoms. The molecule has 2 rings (SSSR count). The predicted octanol–water partition coefficient (Wildman–Crippen LogP) is -1.08. The summed E-state index contributed by atoms with van der Waals surface area (Å²) in [6.45, 7) is 0.326. The third kappa shape index (κ3) is 4.14. The molecular weight excluding hydrogens is 316 g/mol. The molecule has 0 amide bonds. The summed E-state index contributed by atoms with van der Waals surface area (Å²) in [7, 11) is -7.27. The van der Waals surface area contributed by atoms with Crippen molar-refractivity contribution in [2.75, 3.05) is 31.9 Å². The first-order valence-electron chi connectivity index (χ1n) is 6.28. The number of piperazine rings is 1. The van der Waals surface area contributed by atoms with Crippen molar-refractivity contribution in [3.05, 3.63) is 29.8 Å². The van der Waals surface area contributed by atoms with Gasteiger partial charge in [0.05, 0.1) is 5.75 Å². The van der Waals surface area contributed by atoms with Gasteiger partial charge in [0.2, 0.25) is 10.0 Å². The van der Waals surface area contributed by atoms with Crippen molar-refractivity contribution >= 4 is 25.9 Å². The number of nitrogens with zero attached hydrogens (tertiary/aromatic N) is 2. The first kappa shape index (κ1) is 16.2. The highest BCUT2D eigenvalue weighted by atomic mass is 32.2. The quantitative estimate of drug-likeness (QED) is 0.677. The molecular formula is C11H18N4O4S2. The van der Waals surface area contributed by atoms with Gasteiger partial charge in [-0.15, -0.1) is 0 Å². The Bertz CT molecular complexity index is 709. The predicted molar refractivity (Wildman–Crippen MR) is 79.7 cm³/mol. The Morgan fingerprint density at radius 3 is 2.10 bits per heavy atom. The standard InChI is InChI=1S/C11H18N4O4S2/c12-11-3-1-2-10(8-11)9-20(16,17)14-4-6-15(7-5-14)21(13,18)19/h1-3,8H,4-7,9,12H2,(H2,13,18,19). The number of rotatable bonds is 4. The fourth-order valence-electron chi connectivity index (χ4n) is 2.19. The van der Waals surface area contributed by atoms with E-state index >= 15 is 0 Å². The van der Waals surface area contributed by atoms with Crippen LogP contribution in [-0.2, 0) is 26.0 Å². The molecule has 0 aliphatic carbocycles. The SMILES string of the molecule is Nc1cccc(CS(=O)(=O)N2CCN(S(N)(=O)=O)CC2)c1. The first-order chi connectivity index (χ1) is 9.68. The van der Waals surface area contributed by atoms with Crippen LogP contribution in [0, 0.1) is 0 Å². The van der Waals surface area contributed by atoms with Gasteiger partial charge in [-0.1, -0.05) is 12.1 Å². The summed E-state index contributed by atoms with van der Waals surface area (Å²) in [5.74, 6) is -0.159. The Morgan fingerprint density at radius 1 is 1.00 bits per heavy atom. The molecule has 0 bridgehead atoms. The zero-order valence-electron chi connectivity index (χ0n) is 11.3. The number of sulfonamides is 1. The lowest BCUT2D eigenvalue weighted by molar-refractivity contribution is 0.272. The van der Waals surface area contributed by atoms with Crippen LogP contribution in [0.4, 0.5) is 5.69 Å². The van der Waals surface area contributed by atoms with Crippen molar-refractivity contribution in [3.63, 3.8) is 0 Å². The lowest BCUT2D eigenvalue weighted by Crippen LogP contribution is -2.52. The Kier molecular flexibility index (Phi) is 4.54. The van der Waals surface area contributed by atoms with E-state index < -0.39 is 20.2 Å². The summed E-state index contributed by atoms with van der Waals surface area (Å²) in [5.41, 5.74) is 6.73. The van der Waals surface area contributed by atoms with Crippen LogP contribution >= 0.6 is 0 Å². The molecule has 1 aromatic rings. The van der Waals surface area contributed by atoms with E-state index in [2.05, 4.69) is 0 Å². The van der Waals surface area contributed by atoms with Gasteiger partial charge < -0.3 is 5.73 Å². The van der Waals surface area contributed by atoms with Gasteiger partial charge in [0.25, 0.3) is 10.2 Å². The monoisotopic (exact) mass is 334 g/mol. The maximum atomic E-state index is 12.3. The number of nitrogen functional groups attached to an aromatic ring is 1. The fraction of sp³-hybridized carbons (Fsp3) is 0.455. The number of benzene rings is 1. The van der Waals surface area contributed by atoms with Gasteiger partial charge in [0, 0.05) is 31.9 Å². The summed E-state index contributed by atoms with van der Waals surface area (Å²) in [5, 5.41) is 5.02. The van der Waals surface area contributed by atoms with E-state index in [1.165, 1.54) is 4.31 Å². The molecule has 0 saturated carbocycles. The second-order valence-electron chi connectivity index (χ2n) is 4.84. The van der Waals surface area contributed by atoms with Gasteiger partial charge in [-0.25, -0.2) is 13.6 Å². The van der Waals surface area contributed by atoms with Crippen LogP contribution in [0.2, 0.25) is 0 Å². The minimum absolute atomic E-state index is 0.0645. The number of nitrogens with two attached hydrogens (primary N) is 2. The summed E-state index contributed by atoms with van der Waals surface area (Å²) in [4.78, 5) is 0. The van der Waals surface area contributed by atoms with Crippen molar-refractivity contribution in [1.29, 1.82) is 0 Å². The molecule has 0 atom stereocenters. The Hall–Kier alpha value is -1.20. The third-order valence-corrected chi connectivity index (χ3v) is 6.19. The van der Waals surface area contributed by atoms with Crippen LogP contribution in [0.1, 0.15) is 5.56 Å². The average Bonchev–Trinajstić information content (AvgIpc) is 2.37. The summed E-state index contributed by atoms with van der Waals surface area (Å²) < 4.78 is 49.3. The maximum Gasteiger partial charge on any atom is 0.276 e. The van der Waals surface area contributed by atoms with E-state index in [1.54, 1.807) is 24.3 Å². The molecule has 4 N–H and O–H groups in total. The van der Waals surface area contributed by atoms with Gasteiger partial charge in [-0.05, 0) is 17.7 Å². The highest BCUT2D eigenvalue weighted by molar-refractivity contribution is 7.88. The molecule has 1 aliphatic heterocycles. The molecule has 0 radical (unpaired) electrons. The minimum Gasteiger partial charge on any atom is -0.399 e. The molecule has 1 fully saturated rings. The summed E-state index contributed by atoms with van der Waals surface area (Å²) in [6.07, 6.45) is 0. The van der Waals surface area contributed by atoms with Crippen LogP contribution in [-0.4, -0.2) is 51.6 Å². The number of hydrogen-bond acceptors (Lipinski definition) is 5. The van der Waals surface area contributed by atoms with Crippen LogP contribution in [0.25, 0.3) is 0 Å². The molecule has 0 aromatic heterocycles.